The Morgan fingerprint density at radius 2 is 2.10 bits per heavy atom. The summed E-state index contributed by atoms with van der Waals surface area (Å²) in [5.74, 6) is 1.40. The normalized spacial score (nSPS) is 15.1. The highest BCUT2D eigenvalue weighted by Crippen LogP contribution is 2.16. The second kappa shape index (κ2) is 5.78. The molecule has 3 rings (SSSR count). The Kier molecular flexibility index (Phi) is 3.67. The van der Waals surface area contributed by atoms with Gasteiger partial charge in [0.05, 0.1) is 11.9 Å². The Morgan fingerprint density at radius 1 is 1.29 bits per heavy atom. The van der Waals surface area contributed by atoms with Crippen molar-refractivity contribution in [3.8, 4) is 0 Å². The largest absolute Gasteiger partial charge is 0.353 e. The van der Waals surface area contributed by atoms with Crippen molar-refractivity contribution in [3.05, 3.63) is 24.7 Å². The molecular weight excluding hydrogens is 270 g/mol. The van der Waals surface area contributed by atoms with E-state index >= 15 is 0 Å². The molecule has 1 saturated heterocycles. The number of aryl methyl sites for hydroxylation is 1. The van der Waals surface area contributed by atoms with Crippen molar-refractivity contribution in [2.75, 3.05) is 36.4 Å². The molecule has 0 radical (unpaired) electrons. The van der Waals surface area contributed by atoms with Crippen molar-refractivity contribution in [1.29, 1.82) is 0 Å². The van der Waals surface area contributed by atoms with Crippen LogP contribution in [0, 0.1) is 0 Å². The van der Waals surface area contributed by atoms with Gasteiger partial charge in [-0.15, -0.1) is 0 Å². The summed E-state index contributed by atoms with van der Waals surface area (Å²) in [5, 5.41) is 7.22. The summed E-state index contributed by atoms with van der Waals surface area (Å²) in [7, 11) is 1.86. The molecule has 2 aromatic rings. The molecule has 3 heterocycles. The average Bonchev–Trinajstić information content (AvgIpc) is 2.93. The third-order valence-electron chi connectivity index (χ3n) is 3.39. The lowest BCUT2D eigenvalue weighted by atomic mass is 10.3. The molecule has 8 nitrogen and oxygen atoms in total. The molecule has 0 bridgehead atoms. The van der Waals surface area contributed by atoms with Gasteiger partial charge >= 0.3 is 0 Å². The van der Waals surface area contributed by atoms with Gasteiger partial charge < -0.3 is 15.1 Å². The first kappa shape index (κ1) is 13.3. The van der Waals surface area contributed by atoms with Crippen LogP contribution in [0.3, 0.4) is 0 Å². The Bertz CT molecular complexity index is 618. The fourth-order valence-electron chi connectivity index (χ4n) is 2.26. The number of nitrogens with zero attached hydrogens (tertiary/aromatic N) is 6. The second-order valence-electron chi connectivity index (χ2n) is 4.89. The van der Waals surface area contributed by atoms with E-state index in [1.807, 2.05) is 19.3 Å². The van der Waals surface area contributed by atoms with Gasteiger partial charge in [0.25, 0.3) is 0 Å². The van der Waals surface area contributed by atoms with Gasteiger partial charge in [0.1, 0.15) is 5.82 Å². The monoisotopic (exact) mass is 287 g/mol. The third kappa shape index (κ3) is 3.10. The minimum absolute atomic E-state index is 0.540. The number of carbonyl (C=O) groups excluding carboxylic acids is 1. The summed E-state index contributed by atoms with van der Waals surface area (Å²) in [6, 6.07) is 1.88. The lowest BCUT2D eigenvalue weighted by Crippen LogP contribution is -2.46. The van der Waals surface area contributed by atoms with Crippen LogP contribution in [0.2, 0.25) is 0 Å². The maximum absolute atomic E-state index is 10.7. The van der Waals surface area contributed by atoms with E-state index < -0.39 is 0 Å². The zero-order valence-electron chi connectivity index (χ0n) is 11.8. The van der Waals surface area contributed by atoms with Crippen LogP contribution in [0.4, 0.5) is 17.5 Å². The molecule has 21 heavy (non-hydrogen) atoms. The van der Waals surface area contributed by atoms with Crippen LogP contribution in [-0.4, -0.2) is 57.2 Å². The van der Waals surface area contributed by atoms with Crippen LogP contribution in [0.5, 0.6) is 0 Å². The summed E-state index contributed by atoms with van der Waals surface area (Å²) in [5.41, 5.74) is 0.848. The number of amides is 1. The number of hydrogen-bond acceptors (Lipinski definition) is 6. The van der Waals surface area contributed by atoms with Crippen molar-refractivity contribution in [3.63, 3.8) is 0 Å². The average molecular weight is 287 g/mol. The second-order valence-corrected chi connectivity index (χ2v) is 4.89. The van der Waals surface area contributed by atoms with Crippen LogP contribution < -0.4 is 10.2 Å². The molecular formula is C13H17N7O. The summed E-state index contributed by atoms with van der Waals surface area (Å²) < 4.78 is 1.71. The Balaban J connectivity index is 1.70. The molecule has 8 heteroatoms. The van der Waals surface area contributed by atoms with E-state index in [0.717, 1.165) is 44.1 Å². The minimum Gasteiger partial charge on any atom is -0.353 e. The molecule has 0 saturated carbocycles. The number of piperazine rings is 1. The van der Waals surface area contributed by atoms with Gasteiger partial charge in [0.2, 0.25) is 12.4 Å². The van der Waals surface area contributed by atoms with Crippen LogP contribution in [-0.2, 0) is 11.8 Å². The third-order valence-corrected chi connectivity index (χ3v) is 3.39. The Hall–Kier alpha value is -2.64. The maximum Gasteiger partial charge on any atom is 0.229 e. The predicted octanol–water partition coefficient (Wildman–Crippen LogP) is 0.232. The van der Waals surface area contributed by atoms with Crippen LogP contribution >= 0.6 is 0 Å². The minimum atomic E-state index is 0.540. The van der Waals surface area contributed by atoms with Gasteiger partial charge in [-0.2, -0.15) is 10.1 Å². The summed E-state index contributed by atoms with van der Waals surface area (Å²) >= 11 is 0. The SMILES string of the molecule is Cn1cc(Nc2nccc(N3CCN(C=O)CC3)n2)cn1. The smallest absolute Gasteiger partial charge is 0.229 e. The lowest BCUT2D eigenvalue weighted by molar-refractivity contribution is -0.118. The van der Waals surface area contributed by atoms with Gasteiger partial charge in [-0.3, -0.25) is 9.48 Å². The van der Waals surface area contributed by atoms with Crippen molar-refractivity contribution >= 4 is 23.9 Å². The van der Waals surface area contributed by atoms with Gasteiger partial charge in [-0.1, -0.05) is 0 Å². The lowest BCUT2D eigenvalue weighted by Gasteiger charge is -2.33. The molecule has 0 atom stereocenters. The molecule has 1 fully saturated rings. The first-order chi connectivity index (χ1) is 10.2. The summed E-state index contributed by atoms with van der Waals surface area (Å²) in [6.45, 7) is 3.00. The molecule has 0 aliphatic carbocycles. The highest BCUT2D eigenvalue weighted by atomic mass is 16.1. The number of carbonyl (C=O) groups is 1. The van der Waals surface area contributed by atoms with E-state index in [2.05, 4.69) is 25.3 Å². The van der Waals surface area contributed by atoms with Gasteiger partial charge in [-0.25, -0.2) is 4.98 Å². The van der Waals surface area contributed by atoms with Crippen molar-refractivity contribution in [1.82, 2.24) is 24.6 Å². The highest BCUT2D eigenvalue weighted by molar-refractivity contribution is 5.53. The van der Waals surface area contributed by atoms with E-state index in [9.17, 15) is 4.79 Å². The molecule has 1 aliphatic rings. The van der Waals surface area contributed by atoms with Gasteiger partial charge in [0.15, 0.2) is 0 Å². The van der Waals surface area contributed by atoms with Crippen LogP contribution in [0.25, 0.3) is 0 Å². The number of anilines is 3. The molecule has 0 aromatic carbocycles. The molecule has 1 amide bonds. The molecule has 110 valence electrons. The van der Waals surface area contributed by atoms with Gasteiger partial charge in [0, 0.05) is 45.6 Å². The molecule has 0 unspecified atom stereocenters. The van der Waals surface area contributed by atoms with Crippen molar-refractivity contribution in [2.45, 2.75) is 0 Å². The standard InChI is InChI=1S/C13H17N7O/c1-18-9-11(8-15-18)16-13-14-3-2-12(17-13)20-6-4-19(10-21)5-7-20/h2-3,8-10H,4-7H2,1H3,(H,14,16,17). The first-order valence-electron chi connectivity index (χ1n) is 6.77. The Morgan fingerprint density at radius 3 is 2.76 bits per heavy atom. The first-order valence-corrected chi connectivity index (χ1v) is 6.77. The quantitative estimate of drug-likeness (QED) is 0.811. The van der Waals surface area contributed by atoms with Crippen molar-refractivity contribution < 1.29 is 4.79 Å². The zero-order valence-corrected chi connectivity index (χ0v) is 11.8. The van der Waals surface area contributed by atoms with Crippen molar-refractivity contribution in [2.24, 2.45) is 7.05 Å². The van der Waals surface area contributed by atoms with E-state index in [1.165, 1.54) is 0 Å². The van der Waals surface area contributed by atoms with E-state index in [-0.39, 0.29) is 0 Å². The molecule has 1 aliphatic heterocycles. The molecule has 1 N–H and O–H groups in total. The fourth-order valence-corrected chi connectivity index (χ4v) is 2.26. The number of nitrogens with one attached hydrogen (secondary N) is 1. The number of hydrogen-bond donors (Lipinski definition) is 1. The summed E-state index contributed by atoms with van der Waals surface area (Å²) in [4.78, 5) is 23.4. The maximum atomic E-state index is 10.7. The van der Waals surface area contributed by atoms with Crippen LogP contribution in [0.1, 0.15) is 0 Å². The fraction of sp³-hybridized carbons (Fsp3) is 0.385. The predicted molar refractivity (Wildman–Crippen MR) is 78.4 cm³/mol. The van der Waals surface area contributed by atoms with Gasteiger partial charge in [-0.05, 0) is 6.07 Å². The number of rotatable bonds is 4. The highest BCUT2D eigenvalue weighted by Gasteiger charge is 2.17. The molecule has 2 aromatic heterocycles. The zero-order chi connectivity index (χ0) is 14.7. The van der Waals surface area contributed by atoms with E-state index in [1.54, 1.807) is 22.0 Å². The van der Waals surface area contributed by atoms with E-state index in [0.29, 0.717) is 5.95 Å². The molecule has 0 spiro atoms. The van der Waals surface area contributed by atoms with E-state index in [4.69, 9.17) is 0 Å². The topological polar surface area (TPSA) is 79.2 Å². The number of aromatic nitrogens is 4. The Labute approximate surface area is 122 Å². The van der Waals surface area contributed by atoms with Crippen LogP contribution in [0.15, 0.2) is 24.7 Å². The summed E-state index contributed by atoms with van der Waals surface area (Å²) in [6.07, 6.45) is 6.21.